The zero-order valence-corrected chi connectivity index (χ0v) is 12.2. The van der Waals surface area contributed by atoms with Crippen LogP contribution in [0.15, 0.2) is 30.0 Å². The highest BCUT2D eigenvalue weighted by atomic mass is 16.2. The highest BCUT2D eigenvalue weighted by molar-refractivity contribution is 6.21. The van der Waals surface area contributed by atoms with Crippen molar-refractivity contribution >= 4 is 17.3 Å². The van der Waals surface area contributed by atoms with E-state index >= 15 is 0 Å². The van der Waals surface area contributed by atoms with Gasteiger partial charge in [0.05, 0.1) is 5.70 Å². The van der Waals surface area contributed by atoms with Crippen LogP contribution in [0, 0.1) is 0 Å². The molecule has 0 radical (unpaired) electrons. The van der Waals surface area contributed by atoms with Crippen LogP contribution in [-0.4, -0.2) is 11.7 Å². The van der Waals surface area contributed by atoms with E-state index in [-0.39, 0.29) is 11.7 Å². The van der Waals surface area contributed by atoms with Gasteiger partial charge in [0.25, 0.3) is 0 Å². The van der Waals surface area contributed by atoms with E-state index in [4.69, 9.17) is 0 Å². The summed E-state index contributed by atoms with van der Waals surface area (Å²) in [5, 5.41) is 2.72. The number of hydrogen-bond acceptors (Lipinski definition) is 2. The van der Waals surface area contributed by atoms with Gasteiger partial charge in [-0.25, -0.2) is 0 Å². The molecule has 0 spiro atoms. The summed E-state index contributed by atoms with van der Waals surface area (Å²) < 4.78 is 0. The summed E-state index contributed by atoms with van der Waals surface area (Å²) in [6, 6.07) is 7.60. The lowest BCUT2D eigenvalue weighted by atomic mass is 10.00. The Bertz CT molecular complexity index is 558. The Kier molecular flexibility index (Phi) is 4.72. The van der Waals surface area contributed by atoms with Crippen LogP contribution < -0.4 is 5.32 Å². The van der Waals surface area contributed by atoms with Gasteiger partial charge in [-0.2, -0.15) is 0 Å². The lowest BCUT2D eigenvalue weighted by Gasteiger charge is -2.08. The molecular formula is C17H21NO2. The minimum absolute atomic E-state index is 0.0544. The number of allylic oxidation sites excluding steroid dienone is 2. The fourth-order valence-corrected chi connectivity index (χ4v) is 2.65. The highest BCUT2D eigenvalue weighted by Crippen LogP contribution is 2.34. The molecule has 0 unspecified atom stereocenters. The predicted octanol–water partition coefficient (Wildman–Crippen LogP) is 3.70. The SMILES string of the molecule is CCCCCCC1=C(NC(C)=O)C(=O)c2ccccc21. The zero-order chi connectivity index (χ0) is 14.5. The van der Waals surface area contributed by atoms with Crippen molar-refractivity contribution in [3.05, 3.63) is 41.1 Å². The molecule has 3 heteroatoms. The van der Waals surface area contributed by atoms with Crippen molar-refractivity contribution in [3.63, 3.8) is 0 Å². The summed E-state index contributed by atoms with van der Waals surface area (Å²) >= 11 is 0. The maximum atomic E-state index is 12.4. The first kappa shape index (κ1) is 14.5. The van der Waals surface area contributed by atoms with Gasteiger partial charge in [-0.05, 0) is 24.0 Å². The van der Waals surface area contributed by atoms with Crippen LogP contribution in [0.2, 0.25) is 0 Å². The second kappa shape index (κ2) is 6.51. The molecule has 1 aromatic carbocycles. The monoisotopic (exact) mass is 271 g/mol. The molecule has 3 nitrogen and oxygen atoms in total. The van der Waals surface area contributed by atoms with E-state index in [2.05, 4.69) is 12.2 Å². The van der Waals surface area contributed by atoms with Crippen molar-refractivity contribution < 1.29 is 9.59 Å². The van der Waals surface area contributed by atoms with E-state index in [0.29, 0.717) is 11.3 Å². The molecular weight excluding hydrogens is 250 g/mol. The number of ketones is 1. The minimum atomic E-state index is -0.188. The van der Waals surface area contributed by atoms with Gasteiger partial charge in [-0.1, -0.05) is 50.5 Å². The fraction of sp³-hybridized carbons (Fsp3) is 0.412. The summed E-state index contributed by atoms with van der Waals surface area (Å²) in [5.41, 5.74) is 3.17. The van der Waals surface area contributed by atoms with Gasteiger partial charge in [0, 0.05) is 12.5 Å². The van der Waals surface area contributed by atoms with Crippen molar-refractivity contribution in [3.8, 4) is 0 Å². The molecule has 20 heavy (non-hydrogen) atoms. The van der Waals surface area contributed by atoms with Crippen LogP contribution in [-0.2, 0) is 4.79 Å². The average molecular weight is 271 g/mol. The summed E-state index contributed by atoms with van der Waals surface area (Å²) in [6.45, 7) is 3.62. The molecule has 1 aliphatic carbocycles. The summed E-state index contributed by atoms with van der Waals surface area (Å²) in [5.74, 6) is -0.242. The number of fused-ring (bicyclic) bond motifs is 1. The quantitative estimate of drug-likeness (QED) is 0.802. The average Bonchev–Trinajstić information content (AvgIpc) is 2.69. The van der Waals surface area contributed by atoms with Crippen molar-refractivity contribution in [1.29, 1.82) is 0 Å². The number of benzene rings is 1. The number of hydrogen-bond donors (Lipinski definition) is 1. The van der Waals surface area contributed by atoms with E-state index in [1.165, 1.54) is 19.8 Å². The number of amides is 1. The van der Waals surface area contributed by atoms with E-state index in [1.807, 2.05) is 24.3 Å². The molecule has 1 aromatic rings. The lowest BCUT2D eigenvalue weighted by molar-refractivity contribution is -0.118. The largest absolute Gasteiger partial charge is 0.323 e. The Morgan fingerprint density at radius 3 is 2.45 bits per heavy atom. The van der Waals surface area contributed by atoms with Gasteiger partial charge in [0.15, 0.2) is 0 Å². The number of Topliss-reactive ketones (excluding diaryl/α,β-unsaturated/α-hetero) is 1. The summed E-state index contributed by atoms with van der Waals surface area (Å²) in [6.07, 6.45) is 5.45. The molecule has 0 fully saturated rings. The van der Waals surface area contributed by atoms with Gasteiger partial charge in [0.1, 0.15) is 0 Å². The number of carbonyl (C=O) groups excluding carboxylic acids is 2. The predicted molar refractivity (Wildman–Crippen MR) is 80.3 cm³/mol. The minimum Gasteiger partial charge on any atom is -0.323 e. The first-order valence-corrected chi connectivity index (χ1v) is 7.30. The van der Waals surface area contributed by atoms with E-state index in [9.17, 15) is 9.59 Å². The molecule has 0 bridgehead atoms. The van der Waals surface area contributed by atoms with Crippen molar-refractivity contribution in [2.75, 3.05) is 0 Å². The van der Waals surface area contributed by atoms with Crippen molar-refractivity contribution in [2.45, 2.75) is 46.0 Å². The third-order valence-corrected chi connectivity index (χ3v) is 3.61. The number of rotatable bonds is 6. The summed E-state index contributed by atoms with van der Waals surface area (Å²) in [7, 11) is 0. The molecule has 1 N–H and O–H groups in total. The van der Waals surface area contributed by atoms with Crippen LogP contribution in [0.5, 0.6) is 0 Å². The van der Waals surface area contributed by atoms with Crippen LogP contribution >= 0.6 is 0 Å². The standard InChI is InChI=1S/C17H21NO2/c1-3-4-5-6-10-14-13-9-7-8-11-15(13)17(20)16(14)18-12(2)19/h7-9,11H,3-6,10H2,1-2H3,(H,18,19,20). The third kappa shape index (κ3) is 2.98. The number of carbonyl (C=O) groups is 2. The smallest absolute Gasteiger partial charge is 0.221 e. The van der Waals surface area contributed by atoms with Gasteiger partial charge >= 0.3 is 0 Å². The summed E-state index contributed by atoms with van der Waals surface area (Å²) in [4.78, 5) is 23.7. The molecule has 0 aliphatic heterocycles. The maximum absolute atomic E-state index is 12.4. The first-order chi connectivity index (χ1) is 9.65. The van der Waals surface area contributed by atoms with Crippen LogP contribution in [0.3, 0.4) is 0 Å². The molecule has 106 valence electrons. The van der Waals surface area contributed by atoms with E-state index in [0.717, 1.165) is 30.4 Å². The Morgan fingerprint density at radius 2 is 1.80 bits per heavy atom. The van der Waals surface area contributed by atoms with Crippen LogP contribution in [0.25, 0.3) is 5.57 Å². The Hall–Kier alpha value is -1.90. The van der Waals surface area contributed by atoms with Gasteiger partial charge in [-0.15, -0.1) is 0 Å². The zero-order valence-electron chi connectivity index (χ0n) is 12.2. The molecule has 1 amide bonds. The molecule has 2 rings (SSSR count). The lowest BCUT2D eigenvalue weighted by Crippen LogP contribution is -2.23. The van der Waals surface area contributed by atoms with Gasteiger partial charge in [0.2, 0.25) is 11.7 Å². The molecule has 1 aliphatic rings. The second-order valence-corrected chi connectivity index (χ2v) is 5.22. The third-order valence-electron chi connectivity index (χ3n) is 3.61. The van der Waals surface area contributed by atoms with Crippen molar-refractivity contribution in [1.82, 2.24) is 5.32 Å². The maximum Gasteiger partial charge on any atom is 0.221 e. The van der Waals surface area contributed by atoms with Gasteiger partial charge < -0.3 is 5.32 Å². The number of nitrogens with one attached hydrogen (secondary N) is 1. The molecule has 0 heterocycles. The second-order valence-electron chi connectivity index (χ2n) is 5.22. The fourth-order valence-electron chi connectivity index (χ4n) is 2.65. The Morgan fingerprint density at radius 1 is 1.10 bits per heavy atom. The molecule has 0 saturated heterocycles. The Labute approximate surface area is 120 Å². The highest BCUT2D eigenvalue weighted by Gasteiger charge is 2.29. The first-order valence-electron chi connectivity index (χ1n) is 7.30. The Balaban J connectivity index is 2.25. The molecule has 0 aromatic heterocycles. The van der Waals surface area contributed by atoms with Crippen LogP contribution in [0.1, 0.15) is 61.9 Å². The van der Waals surface area contributed by atoms with E-state index in [1.54, 1.807) is 0 Å². The molecule has 0 atom stereocenters. The van der Waals surface area contributed by atoms with Crippen LogP contribution in [0.4, 0.5) is 0 Å². The topological polar surface area (TPSA) is 46.2 Å². The van der Waals surface area contributed by atoms with Gasteiger partial charge in [-0.3, -0.25) is 9.59 Å². The van der Waals surface area contributed by atoms with E-state index < -0.39 is 0 Å². The van der Waals surface area contributed by atoms with Crippen molar-refractivity contribution in [2.24, 2.45) is 0 Å². The number of unbranched alkanes of at least 4 members (excludes halogenated alkanes) is 3. The normalized spacial score (nSPS) is 13.6. The molecule has 0 saturated carbocycles.